The van der Waals surface area contributed by atoms with E-state index in [4.69, 9.17) is 5.73 Å². The third-order valence-electron chi connectivity index (χ3n) is 2.37. The number of ketones is 1. The molecule has 1 aliphatic carbocycles. The van der Waals surface area contributed by atoms with Gasteiger partial charge in [0, 0.05) is 18.8 Å². The summed E-state index contributed by atoms with van der Waals surface area (Å²) in [4.78, 5) is 11.0. The molecular formula is C8H13F2NO. The molecule has 0 amide bonds. The molecule has 2 nitrogen and oxygen atoms in total. The van der Waals surface area contributed by atoms with E-state index in [0.717, 1.165) is 0 Å². The van der Waals surface area contributed by atoms with E-state index in [0.29, 0.717) is 12.8 Å². The first-order valence-electron chi connectivity index (χ1n) is 4.16. The van der Waals surface area contributed by atoms with E-state index in [1.165, 1.54) is 0 Å². The molecule has 0 heterocycles. The summed E-state index contributed by atoms with van der Waals surface area (Å²) in [6.45, 7) is -0.0176. The van der Waals surface area contributed by atoms with E-state index in [1.807, 2.05) is 0 Å². The van der Waals surface area contributed by atoms with Crippen molar-refractivity contribution in [2.75, 3.05) is 6.54 Å². The molecule has 2 N–H and O–H groups in total. The maximum Gasteiger partial charge on any atom is 0.248 e. The van der Waals surface area contributed by atoms with Crippen LogP contribution in [0, 0.1) is 5.92 Å². The molecule has 0 saturated heterocycles. The Bertz CT molecular complexity index is 172. The van der Waals surface area contributed by atoms with E-state index < -0.39 is 5.92 Å². The van der Waals surface area contributed by atoms with Gasteiger partial charge in [-0.05, 0) is 12.8 Å². The van der Waals surface area contributed by atoms with Crippen molar-refractivity contribution in [3.8, 4) is 0 Å². The van der Waals surface area contributed by atoms with Crippen molar-refractivity contribution >= 4 is 5.78 Å². The third-order valence-corrected chi connectivity index (χ3v) is 2.37. The highest BCUT2D eigenvalue weighted by Crippen LogP contribution is 2.36. The highest BCUT2D eigenvalue weighted by molar-refractivity contribution is 5.82. The van der Waals surface area contributed by atoms with Crippen molar-refractivity contribution in [1.82, 2.24) is 0 Å². The molecule has 4 heteroatoms. The monoisotopic (exact) mass is 177 g/mol. The van der Waals surface area contributed by atoms with Crippen LogP contribution in [-0.4, -0.2) is 18.3 Å². The lowest BCUT2D eigenvalue weighted by molar-refractivity contribution is -0.125. The largest absolute Gasteiger partial charge is 0.324 e. The van der Waals surface area contributed by atoms with Crippen molar-refractivity contribution in [2.45, 2.75) is 31.6 Å². The first kappa shape index (κ1) is 9.58. The average Bonchev–Trinajstić information content (AvgIpc) is 2.03. The van der Waals surface area contributed by atoms with E-state index >= 15 is 0 Å². The summed E-state index contributed by atoms with van der Waals surface area (Å²) < 4.78 is 25.2. The summed E-state index contributed by atoms with van der Waals surface area (Å²) in [6, 6.07) is 0. The topological polar surface area (TPSA) is 43.1 Å². The molecule has 0 aromatic carbocycles. The molecule has 0 bridgehead atoms. The van der Waals surface area contributed by atoms with Gasteiger partial charge in [0.2, 0.25) is 5.92 Å². The molecule has 0 aromatic heterocycles. The van der Waals surface area contributed by atoms with Crippen LogP contribution in [-0.2, 0) is 4.79 Å². The molecule has 1 fully saturated rings. The Morgan fingerprint density at radius 3 is 2.33 bits per heavy atom. The fraction of sp³-hybridized carbons (Fsp3) is 0.875. The first-order chi connectivity index (χ1) is 5.55. The standard InChI is InChI=1S/C8H13F2NO/c9-8(10)3-1-6(2-4-8)7(12)5-11/h6H,1-5,11H2. The molecule has 0 aliphatic heterocycles. The van der Waals surface area contributed by atoms with Gasteiger partial charge in [0.15, 0.2) is 0 Å². The van der Waals surface area contributed by atoms with Gasteiger partial charge < -0.3 is 5.73 Å². The molecular weight excluding hydrogens is 164 g/mol. The molecule has 12 heavy (non-hydrogen) atoms. The van der Waals surface area contributed by atoms with E-state index in [-0.39, 0.29) is 31.1 Å². The molecule has 0 radical (unpaired) electrons. The van der Waals surface area contributed by atoms with Crippen LogP contribution in [0.2, 0.25) is 0 Å². The number of nitrogens with two attached hydrogens (primary N) is 1. The number of hydrogen-bond donors (Lipinski definition) is 1. The van der Waals surface area contributed by atoms with Gasteiger partial charge in [-0.3, -0.25) is 4.79 Å². The molecule has 1 saturated carbocycles. The summed E-state index contributed by atoms with van der Waals surface area (Å²) in [5, 5.41) is 0. The molecule has 0 unspecified atom stereocenters. The van der Waals surface area contributed by atoms with Gasteiger partial charge in [0.1, 0.15) is 5.78 Å². The number of halogens is 2. The molecule has 0 spiro atoms. The van der Waals surface area contributed by atoms with Gasteiger partial charge in [-0.15, -0.1) is 0 Å². The SMILES string of the molecule is NCC(=O)C1CCC(F)(F)CC1. The Balaban J connectivity index is 2.41. The summed E-state index contributed by atoms with van der Waals surface area (Å²) in [5.41, 5.74) is 5.13. The number of Topliss-reactive ketones (excluding diaryl/α,β-unsaturated/α-hetero) is 1. The normalized spacial score (nSPS) is 23.9. The van der Waals surface area contributed by atoms with Crippen LogP contribution < -0.4 is 5.73 Å². The minimum absolute atomic E-state index is 0.0176. The third kappa shape index (κ3) is 2.24. The Morgan fingerprint density at radius 2 is 1.92 bits per heavy atom. The second kappa shape index (κ2) is 3.47. The fourth-order valence-corrected chi connectivity index (χ4v) is 1.53. The number of carbonyl (C=O) groups excluding carboxylic acids is 1. The second-order valence-electron chi connectivity index (χ2n) is 3.30. The van der Waals surface area contributed by atoms with Crippen LogP contribution in [0.5, 0.6) is 0 Å². The smallest absolute Gasteiger partial charge is 0.248 e. The van der Waals surface area contributed by atoms with Crippen LogP contribution in [0.4, 0.5) is 8.78 Å². The van der Waals surface area contributed by atoms with Gasteiger partial charge in [0.25, 0.3) is 0 Å². The molecule has 1 rings (SSSR count). The predicted octanol–water partition coefficient (Wildman–Crippen LogP) is 1.34. The fourth-order valence-electron chi connectivity index (χ4n) is 1.53. The van der Waals surface area contributed by atoms with Crippen LogP contribution in [0.1, 0.15) is 25.7 Å². The van der Waals surface area contributed by atoms with Gasteiger partial charge in [-0.2, -0.15) is 0 Å². The van der Waals surface area contributed by atoms with Gasteiger partial charge in [0.05, 0.1) is 6.54 Å². The second-order valence-corrected chi connectivity index (χ2v) is 3.30. The Hall–Kier alpha value is -0.510. The quantitative estimate of drug-likeness (QED) is 0.691. The highest BCUT2D eigenvalue weighted by atomic mass is 19.3. The number of hydrogen-bond acceptors (Lipinski definition) is 2. The summed E-state index contributed by atoms with van der Waals surface area (Å²) in [6.07, 6.45) is 0.263. The van der Waals surface area contributed by atoms with Gasteiger partial charge >= 0.3 is 0 Å². The maximum atomic E-state index is 12.6. The van der Waals surface area contributed by atoms with E-state index in [9.17, 15) is 13.6 Å². The minimum atomic E-state index is -2.55. The zero-order valence-corrected chi connectivity index (χ0v) is 6.85. The van der Waals surface area contributed by atoms with Gasteiger partial charge in [-0.25, -0.2) is 8.78 Å². The minimum Gasteiger partial charge on any atom is -0.324 e. The van der Waals surface area contributed by atoms with Crippen LogP contribution in [0.25, 0.3) is 0 Å². The Kier molecular flexibility index (Phi) is 2.77. The Morgan fingerprint density at radius 1 is 1.42 bits per heavy atom. The number of carbonyl (C=O) groups is 1. The highest BCUT2D eigenvalue weighted by Gasteiger charge is 2.36. The molecule has 70 valence electrons. The van der Waals surface area contributed by atoms with Crippen LogP contribution in [0.15, 0.2) is 0 Å². The lowest BCUT2D eigenvalue weighted by Crippen LogP contribution is -2.31. The van der Waals surface area contributed by atoms with Crippen molar-refractivity contribution < 1.29 is 13.6 Å². The summed E-state index contributed by atoms with van der Waals surface area (Å²) in [5.74, 6) is -2.84. The maximum absolute atomic E-state index is 12.6. The zero-order valence-electron chi connectivity index (χ0n) is 6.85. The van der Waals surface area contributed by atoms with E-state index in [2.05, 4.69) is 0 Å². The lowest BCUT2D eigenvalue weighted by Gasteiger charge is -2.26. The number of alkyl halides is 2. The molecule has 1 aliphatic rings. The summed E-state index contributed by atoms with van der Waals surface area (Å²) >= 11 is 0. The van der Waals surface area contributed by atoms with E-state index in [1.54, 1.807) is 0 Å². The zero-order chi connectivity index (χ0) is 9.19. The predicted molar refractivity (Wildman–Crippen MR) is 41.0 cm³/mol. The van der Waals surface area contributed by atoms with Crippen molar-refractivity contribution in [3.63, 3.8) is 0 Å². The lowest BCUT2D eigenvalue weighted by atomic mass is 9.84. The first-order valence-corrected chi connectivity index (χ1v) is 4.16. The van der Waals surface area contributed by atoms with Crippen LogP contribution in [0.3, 0.4) is 0 Å². The van der Waals surface area contributed by atoms with Crippen molar-refractivity contribution in [2.24, 2.45) is 11.7 Å². The van der Waals surface area contributed by atoms with Crippen LogP contribution >= 0.6 is 0 Å². The van der Waals surface area contributed by atoms with Gasteiger partial charge in [-0.1, -0.05) is 0 Å². The van der Waals surface area contributed by atoms with Crippen molar-refractivity contribution in [3.05, 3.63) is 0 Å². The summed E-state index contributed by atoms with van der Waals surface area (Å²) in [7, 11) is 0. The van der Waals surface area contributed by atoms with Crippen molar-refractivity contribution in [1.29, 1.82) is 0 Å². The molecule has 0 aromatic rings. The average molecular weight is 177 g/mol. The Labute approximate surface area is 70.1 Å². The number of rotatable bonds is 2. The molecule has 0 atom stereocenters.